The van der Waals surface area contributed by atoms with Crippen LogP contribution in [0.25, 0.3) is 0 Å². The maximum absolute atomic E-state index is 12.5. The van der Waals surface area contributed by atoms with Crippen LogP contribution in [-0.2, 0) is 11.3 Å². The molecule has 0 spiro atoms. The van der Waals surface area contributed by atoms with E-state index in [1.807, 2.05) is 7.05 Å². The van der Waals surface area contributed by atoms with Crippen molar-refractivity contribution < 1.29 is 14.7 Å². The molecule has 6 N–H and O–H groups in total. The van der Waals surface area contributed by atoms with Gasteiger partial charge in [0, 0.05) is 30.0 Å². The molecule has 11 heteroatoms. The van der Waals surface area contributed by atoms with E-state index in [0.717, 1.165) is 32.5 Å². The second kappa shape index (κ2) is 12.7. The second-order valence-electron chi connectivity index (χ2n) is 9.46. The number of piperidine rings is 1. The molecule has 1 saturated heterocycles. The van der Waals surface area contributed by atoms with Gasteiger partial charge in [0.25, 0.3) is 5.91 Å². The number of aliphatic hydroxyl groups is 1. The molecule has 3 rings (SSSR count). The van der Waals surface area contributed by atoms with Gasteiger partial charge in [0.1, 0.15) is 11.4 Å². The normalized spacial score (nSPS) is 16.3. The zero-order chi connectivity index (χ0) is 26.1. The number of aryl methyl sites for hydroxylation is 1. The molecule has 0 unspecified atom stereocenters. The molecule has 36 heavy (non-hydrogen) atoms. The molecule has 1 aromatic heterocycles. The molecule has 1 aromatic carbocycles. The summed E-state index contributed by atoms with van der Waals surface area (Å²) in [4.78, 5) is 43.4. The lowest BCUT2D eigenvalue weighted by atomic mass is 10.0. The minimum absolute atomic E-state index is 0.174. The van der Waals surface area contributed by atoms with Crippen molar-refractivity contribution in [3.05, 3.63) is 52.6 Å². The summed E-state index contributed by atoms with van der Waals surface area (Å²) in [6.45, 7) is 4.74. The summed E-state index contributed by atoms with van der Waals surface area (Å²) in [6.07, 6.45) is 5.88. The molecule has 196 valence electrons. The Morgan fingerprint density at radius 2 is 1.78 bits per heavy atom. The van der Waals surface area contributed by atoms with Crippen LogP contribution in [0.3, 0.4) is 0 Å². The SMILES string of the molecule is CNC1CCN(CCCCn2ccc(NC(=O)c3ccc(NC(=O)[C@](C)(N)CO)cc3)nc2=O)CC1. The Kier molecular flexibility index (Phi) is 9.71. The van der Waals surface area contributed by atoms with Crippen molar-refractivity contribution in [2.24, 2.45) is 5.73 Å². The van der Waals surface area contributed by atoms with Crippen LogP contribution >= 0.6 is 0 Å². The van der Waals surface area contributed by atoms with Gasteiger partial charge in [-0.3, -0.25) is 14.2 Å². The molecule has 1 fully saturated rings. The minimum atomic E-state index is -1.41. The van der Waals surface area contributed by atoms with Crippen LogP contribution < -0.4 is 27.4 Å². The van der Waals surface area contributed by atoms with Gasteiger partial charge >= 0.3 is 5.69 Å². The highest BCUT2D eigenvalue weighted by atomic mass is 16.3. The predicted molar refractivity (Wildman–Crippen MR) is 139 cm³/mol. The standard InChI is InChI=1S/C25H37N7O4/c1-25(26,17-33)23(35)28-20-7-5-18(6-8-20)22(34)29-21-11-16-32(24(36)30-21)13-4-3-12-31-14-9-19(27-2)10-15-31/h5-8,11,16,19,27,33H,3-4,9-10,12-15,17,26H2,1-2H3,(H,28,35)(H,29,30,34,36)/t25-/m1/s1. The van der Waals surface area contributed by atoms with Crippen molar-refractivity contribution in [2.75, 3.05) is 43.9 Å². The third-order valence-electron chi connectivity index (χ3n) is 6.49. The van der Waals surface area contributed by atoms with Gasteiger partial charge in [-0.15, -0.1) is 0 Å². The molecule has 0 saturated carbocycles. The van der Waals surface area contributed by atoms with Gasteiger partial charge in [0.05, 0.1) is 6.61 Å². The summed E-state index contributed by atoms with van der Waals surface area (Å²) in [7, 11) is 2.02. The zero-order valence-corrected chi connectivity index (χ0v) is 21.0. The number of likely N-dealkylation sites (tertiary alicyclic amines) is 1. The van der Waals surface area contributed by atoms with Crippen LogP contribution in [0.5, 0.6) is 0 Å². The van der Waals surface area contributed by atoms with E-state index in [1.165, 1.54) is 31.9 Å². The molecule has 11 nitrogen and oxygen atoms in total. The molecule has 1 aliphatic rings. The average molecular weight is 500 g/mol. The fraction of sp³-hybridized carbons (Fsp3) is 0.520. The summed E-state index contributed by atoms with van der Waals surface area (Å²) in [5.74, 6) is -0.799. The third kappa shape index (κ3) is 7.69. The number of nitrogens with two attached hydrogens (primary N) is 1. The molecular weight excluding hydrogens is 462 g/mol. The first kappa shape index (κ1) is 27.5. The Bertz CT molecular complexity index is 1080. The molecule has 1 atom stereocenters. The fourth-order valence-electron chi connectivity index (χ4n) is 3.97. The summed E-state index contributed by atoms with van der Waals surface area (Å²) in [5.41, 5.74) is 4.65. The van der Waals surface area contributed by atoms with Gasteiger partial charge in [-0.2, -0.15) is 4.98 Å². The summed E-state index contributed by atoms with van der Waals surface area (Å²) in [5, 5.41) is 17.7. The Morgan fingerprint density at radius 1 is 1.11 bits per heavy atom. The monoisotopic (exact) mass is 499 g/mol. The highest BCUT2D eigenvalue weighted by Gasteiger charge is 2.27. The number of hydrogen-bond donors (Lipinski definition) is 5. The third-order valence-corrected chi connectivity index (χ3v) is 6.49. The first-order valence-corrected chi connectivity index (χ1v) is 12.3. The lowest BCUT2D eigenvalue weighted by Gasteiger charge is -2.31. The van der Waals surface area contributed by atoms with Crippen LogP contribution in [0, 0.1) is 0 Å². The van der Waals surface area contributed by atoms with Crippen LogP contribution in [0.15, 0.2) is 41.3 Å². The van der Waals surface area contributed by atoms with Crippen LogP contribution in [-0.4, -0.2) is 76.2 Å². The number of nitrogens with one attached hydrogen (secondary N) is 3. The van der Waals surface area contributed by atoms with Crippen molar-refractivity contribution in [2.45, 2.75) is 50.7 Å². The van der Waals surface area contributed by atoms with E-state index in [1.54, 1.807) is 29.0 Å². The van der Waals surface area contributed by atoms with Gasteiger partial charge < -0.3 is 31.7 Å². The summed E-state index contributed by atoms with van der Waals surface area (Å²) >= 11 is 0. The first-order valence-electron chi connectivity index (χ1n) is 12.3. The summed E-state index contributed by atoms with van der Waals surface area (Å²) < 4.78 is 1.55. The number of aliphatic hydroxyl groups excluding tert-OH is 1. The molecule has 0 radical (unpaired) electrons. The minimum Gasteiger partial charge on any atom is -0.394 e. The quantitative estimate of drug-likeness (QED) is 0.282. The summed E-state index contributed by atoms with van der Waals surface area (Å²) in [6, 6.07) is 8.38. The van der Waals surface area contributed by atoms with E-state index in [4.69, 9.17) is 5.73 Å². The Labute approximate surface area is 211 Å². The maximum Gasteiger partial charge on any atom is 0.349 e. The predicted octanol–water partition coefficient (Wildman–Crippen LogP) is 0.608. The van der Waals surface area contributed by atoms with Crippen molar-refractivity contribution >= 4 is 23.3 Å². The molecule has 0 bridgehead atoms. The number of amides is 2. The zero-order valence-electron chi connectivity index (χ0n) is 21.0. The molecule has 1 aliphatic heterocycles. The number of nitrogens with zero attached hydrogens (tertiary/aromatic N) is 3. The Morgan fingerprint density at radius 3 is 2.39 bits per heavy atom. The number of carbonyl (C=O) groups is 2. The number of benzene rings is 1. The van der Waals surface area contributed by atoms with Crippen molar-refractivity contribution in [3.8, 4) is 0 Å². The highest BCUT2D eigenvalue weighted by molar-refractivity contribution is 6.04. The number of carbonyl (C=O) groups excluding carboxylic acids is 2. The molecule has 2 amide bonds. The maximum atomic E-state index is 12.5. The lowest BCUT2D eigenvalue weighted by Crippen LogP contribution is -2.51. The first-order chi connectivity index (χ1) is 17.2. The fourth-order valence-corrected chi connectivity index (χ4v) is 3.97. The van der Waals surface area contributed by atoms with E-state index in [9.17, 15) is 19.5 Å². The van der Waals surface area contributed by atoms with Gasteiger partial charge in [-0.05, 0) is 89.6 Å². The second-order valence-corrected chi connectivity index (χ2v) is 9.46. The lowest BCUT2D eigenvalue weighted by molar-refractivity contribution is -0.121. The smallest absolute Gasteiger partial charge is 0.349 e. The van der Waals surface area contributed by atoms with E-state index in [-0.39, 0.29) is 5.82 Å². The molecular formula is C25H37N7O4. The highest BCUT2D eigenvalue weighted by Crippen LogP contribution is 2.14. The topological polar surface area (TPSA) is 155 Å². The van der Waals surface area contributed by atoms with Crippen molar-refractivity contribution in [1.29, 1.82) is 0 Å². The van der Waals surface area contributed by atoms with Gasteiger partial charge in [-0.1, -0.05) is 0 Å². The van der Waals surface area contributed by atoms with Crippen LogP contribution in [0.4, 0.5) is 11.5 Å². The van der Waals surface area contributed by atoms with Gasteiger partial charge in [0.15, 0.2) is 0 Å². The van der Waals surface area contributed by atoms with Gasteiger partial charge in [-0.25, -0.2) is 4.79 Å². The average Bonchev–Trinajstić information content (AvgIpc) is 2.88. The Hall–Kier alpha value is -3.12. The number of hydrogen-bond acceptors (Lipinski definition) is 8. The van der Waals surface area contributed by atoms with Crippen molar-refractivity contribution in [1.82, 2.24) is 19.8 Å². The van der Waals surface area contributed by atoms with Crippen molar-refractivity contribution in [3.63, 3.8) is 0 Å². The molecule has 2 heterocycles. The molecule has 2 aromatic rings. The van der Waals surface area contributed by atoms with Crippen LogP contribution in [0.2, 0.25) is 0 Å². The number of unbranched alkanes of at least 4 members (excludes halogenated alkanes) is 1. The largest absolute Gasteiger partial charge is 0.394 e. The Balaban J connectivity index is 1.46. The van der Waals surface area contributed by atoms with E-state index in [2.05, 4.69) is 25.8 Å². The number of aromatic nitrogens is 2. The number of anilines is 2. The molecule has 0 aliphatic carbocycles. The van der Waals surface area contributed by atoms with E-state index >= 15 is 0 Å². The van der Waals surface area contributed by atoms with E-state index in [0.29, 0.717) is 23.8 Å². The van der Waals surface area contributed by atoms with Crippen LogP contribution in [0.1, 0.15) is 43.0 Å². The van der Waals surface area contributed by atoms with Gasteiger partial charge in [0.2, 0.25) is 5.91 Å². The van der Waals surface area contributed by atoms with E-state index < -0.39 is 29.6 Å². The number of rotatable bonds is 11.